The number of guanidine groups is 1. The van der Waals surface area contributed by atoms with Crippen LogP contribution in [0.4, 0.5) is 0 Å². The van der Waals surface area contributed by atoms with Crippen LogP contribution in [0.3, 0.4) is 0 Å². The lowest BCUT2D eigenvalue weighted by Crippen LogP contribution is -2.38. The first-order valence-electron chi connectivity index (χ1n) is 7.91. The zero-order valence-electron chi connectivity index (χ0n) is 13.9. The van der Waals surface area contributed by atoms with Gasteiger partial charge in [0.05, 0.1) is 13.2 Å². The first kappa shape index (κ1) is 20.0. The van der Waals surface area contributed by atoms with Gasteiger partial charge in [0.25, 0.3) is 0 Å². The topological polar surface area (TPSA) is 67.8 Å². The Morgan fingerprint density at radius 1 is 1.39 bits per heavy atom. The predicted molar refractivity (Wildman–Crippen MR) is 103 cm³/mol. The van der Waals surface area contributed by atoms with Gasteiger partial charge in [0.1, 0.15) is 0 Å². The van der Waals surface area contributed by atoms with Crippen LogP contribution in [0, 0.1) is 5.92 Å². The smallest absolute Gasteiger partial charge is 0.213 e. The minimum atomic E-state index is 0. The van der Waals surface area contributed by atoms with Gasteiger partial charge in [-0.15, -0.1) is 24.0 Å². The Kier molecular flexibility index (Phi) is 9.93. The fourth-order valence-electron chi connectivity index (χ4n) is 1.92. The zero-order chi connectivity index (χ0) is 15.6. The van der Waals surface area contributed by atoms with E-state index in [9.17, 15) is 0 Å². The summed E-state index contributed by atoms with van der Waals surface area (Å²) in [5, 5.41) is 6.47. The molecule has 1 aliphatic carbocycles. The van der Waals surface area contributed by atoms with E-state index in [-0.39, 0.29) is 24.0 Å². The van der Waals surface area contributed by atoms with Gasteiger partial charge in [-0.25, -0.2) is 4.98 Å². The molecule has 6 nitrogen and oxygen atoms in total. The molecule has 0 spiro atoms. The molecule has 0 aromatic carbocycles. The average molecular weight is 434 g/mol. The highest BCUT2D eigenvalue weighted by Gasteiger charge is 2.22. The maximum Gasteiger partial charge on any atom is 0.213 e. The van der Waals surface area contributed by atoms with E-state index in [4.69, 9.17) is 9.47 Å². The van der Waals surface area contributed by atoms with E-state index in [2.05, 4.69) is 20.6 Å². The Morgan fingerprint density at radius 2 is 2.22 bits per heavy atom. The fraction of sp³-hybridized carbons (Fsp3) is 0.625. The summed E-state index contributed by atoms with van der Waals surface area (Å²) in [4.78, 5) is 8.43. The summed E-state index contributed by atoms with van der Waals surface area (Å²) in [6.45, 7) is 5.58. The molecule has 130 valence electrons. The standard InChI is InChI=1S/C16H26N4O2.HI/c1-3-21-9-8-19-16(17-2)20-11-14-6-7-18-15(10-14)22-12-13-4-5-13;/h6-7,10,13H,3-5,8-9,11-12H2,1-2H3,(H2,17,19,20);1H. The van der Waals surface area contributed by atoms with Gasteiger partial charge in [0.2, 0.25) is 5.88 Å². The van der Waals surface area contributed by atoms with E-state index in [0.717, 1.165) is 37.2 Å². The quantitative estimate of drug-likeness (QED) is 0.270. The van der Waals surface area contributed by atoms with E-state index in [1.165, 1.54) is 12.8 Å². The normalized spacial score (nSPS) is 14.1. The maximum atomic E-state index is 5.69. The highest BCUT2D eigenvalue weighted by atomic mass is 127. The van der Waals surface area contributed by atoms with E-state index in [1.807, 2.05) is 19.1 Å². The lowest BCUT2D eigenvalue weighted by atomic mass is 10.2. The second-order valence-electron chi connectivity index (χ2n) is 5.31. The molecule has 1 fully saturated rings. The molecule has 1 saturated carbocycles. The Morgan fingerprint density at radius 3 is 2.91 bits per heavy atom. The van der Waals surface area contributed by atoms with Crippen molar-refractivity contribution >= 4 is 29.9 Å². The van der Waals surface area contributed by atoms with Crippen molar-refractivity contribution in [3.05, 3.63) is 23.9 Å². The van der Waals surface area contributed by atoms with Crippen molar-refractivity contribution < 1.29 is 9.47 Å². The number of nitrogens with zero attached hydrogens (tertiary/aromatic N) is 2. The molecular formula is C16H27IN4O2. The lowest BCUT2D eigenvalue weighted by molar-refractivity contribution is 0.152. The van der Waals surface area contributed by atoms with Crippen LogP contribution in [0.1, 0.15) is 25.3 Å². The van der Waals surface area contributed by atoms with Crippen molar-refractivity contribution in [1.82, 2.24) is 15.6 Å². The molecule has 2 N–H and O–H groups in total. The van der Waals surface area contributed by atoms with Gasteiger partial charge in [0, 0.05) is 39.0 Å². The van der Waals surface area contributed by atoms with Gasteiger partial charge in [-0.3, -0.25) is 4.99 Å². The van der Waals surface area contributed by atoms with Crippen molar-refractivity contribution in [3.63, 3.8) is 0 Å². The number of rotatable bonds is 9. The molecule has 2 rings (SSSR count). The zero-order valence-corrected chi connectivity index (χ0v) is 16.2. The molecule has 0 unspecified atom stereocenters. The molecule has 0 aliphatic heterocycles. The molecular weight excluding hydrogens is 407 g/mol. The molecule has 0 radical (unpaired) electrons. The summed E-state index contributed by atoms with van der Waals surface area (Å²) in [6.07, 6.45) is 4.35. The minimum absolute atomic E-state index is 0. The van der Waals surface area contributed by atoms with Crippen molar-refractivity contribution in [3.8, 4) is 5.88 Å². The van der Waals surface area contributed by atoms with Gasteiger partial charge in [-0.2, -0.15) is 0 Å². The van der Waals surface area contributed by atoms with Crippen molar-refractivity contribution in [2.24, 2.45) is 10.9 Å². The van der Waals surface area contributed by atoms with Crippen LogP contribution < -0.4 is 15.4 Å². The van der Waals surface area contributed by atoms with Crippen molar-refractivity contribution in [2.45, 2.75) is 26.3 Å². The lowest BCUT2D eigenvalue weighted by Gasteiger charge is -2.12. The molecule has 1 aromatic heterocycles. The largest absolute Gasteiger partial charge is 0.477 e. The third kappa shape index (κ3) is 8.36. The number of hydrogen-bond acceptors (Lipinski definition) is 4. The fourth-order valence-corrected chi connectivity index (χ4v) is 1.92. The van der Waals surface area contributed by atoms with E-state index >= 15 is 0 Å². The molecule has 0 bridgehead atoms. The number of halogens is 1. The molecule has 0 saturated heterocycles. The number of ether oxygens (including phenoxy) is 2. The maximum absolute atomic E-state index is 5.69. The molecule has 7 heteroatoms. The summed E-state index contributed by atoms with van der Waals surface area (Å²) in [5.41, 5.74) is 1.12. The summed E-state index contributed by atoms with van der Waals surface area (Å²) in [6, 6.07) is 3.95. The Labute approximate surface area is 155 Å². The number of hydrogen-bond donors (Lipinski definition) is 2. The van der Waals surface area contributed by atoms with Crippen LogP contribution in [0.2, 0.25) is 0 Å². The van der Waals surface area contributed by atoms with E-state index < -0.39 is 0 Å². The Balaban J connectivity index is 0.00000264. The van der Waals surface area contributed by atoms with Crippen LogP contribution in [0.25, 0.3) is 0 Å². The summed E-state index contributed by atoms with van der Waals surface area (Å²) < 4.78 is 11.0. The van der Waals surface area contributed by atoms with E-state index in [0.29, 0.717) is 19.0 Å². The molecule has 0 atom stereocenters. The summed E-state index contributed by atoms with van der Waals surface area (Å²) >= 11 is 0. The Hall–Kier alpha value is -1.09. The molecule has 1 heterocycles. The van der Waals surface area contributed by atoms with Gasteiger partial charge in [-0.1, -0.05) is 0 Å². The molecule has 1 aliphatic rings. The minimum Gasteiger partial charge on any atom is -0.477 e. The van der Waals surface area contributed by atoms with Crippen LogP contribution in [-0.4, -0.2) is 44.4 Å². The van der Waals surface area contributed by atoms with E-state index in [1.54, 1.807) is 13.2 Å². The summed E-state index contributed by atoms with van der Waals surface area (Å²) in [7, 11) is 1.76. The second-order valence-corrected chi connectivity index (χ2v) is 5.31. The van der Waals surface area contributed by atoms with Gasteiger partial charge in [-0.05, 0) is 37.3 Å². The third-order valence-corrected chi connectivity index (χ3v) is 3.39. The Bertz CT molecular complexity index is 481. The van der Waals surface area contributed by atoms with Crippen LogP contribution in [0.5, 0.6) is 5.88 Å². The molecule has 23 heavy (non-hydrogen) atoms. The van der Waals surface area contributed by atoms with Crippen LogP contribution in [0.15, 0.2) is 23.3 Å². The highest BCUT2D eigenvalue weighted by molar-refractivity contribution is 14.0. The average Bonchev–Trinajstić information content (AvgIpc) is 3.37. The predicted octanol–water partition coefficient (Wildman–Crippen LogP) is 2.19. The van der Waals surface area contributed by atoms with Crippen LogP contribution >= 0.6 is 24.0 Å². The summed E-state index contributed by atoms with van der Waals surface area (Å²) in [5.74, 6) is 2.19. The molecule has 0 amide bonds. The van der Waals surface area contributed by atoms with Crippen molar-refractivity contribution in [2.75, 3.05) is 33.4 Å². The van der Waals surface area contributed by atoms with Gasteiger partial charge in [0.15, 0.2) is 5.96 Å². The first-order valence-corrected chi connectivity index (χ1v) is 7.91. The van der Waals surface area contributed by atoms with Crippen LogP contribution in [-0.2, 0) is 11.3 Å². The third-order valence-electron chi connectivity index (χ3n) is 3.39. The number of nitrogens with one attached hydrogen (secondary N) is 2. The number of aliphatic imine (C=N–C) groups is 1. The highest BCUT2D eigenvalue weighted by Crippen LogP contribution is 2.29. The van der Waals surface area contributed by atoms with Gasteiger partial charge < -0.3 is 20.1 Å². The first-order chi connectivity index (χ1) is 10.8. The van der Waals surface area contributed by atoms with Gasteiger partial charge >= 0.3 is 0 Å². The number of aromatic nitrogens is 1. The number of pyridine rings is 1. The molecule has 1 aromatic rings. The second kappa shape index (κ2) is 11.4. The van der Waals surface area contributed by atoms with Crippen molar-refractivity contribution in [1.29, 1.82) is 0 Å². The SMILES string of the molecule is CCOCCNC(=NC)NCc1ccnc(OCC2CC2)c1.I. The monoisotopic (exact) mass is 434 g/mol.